The maximum absolute atomic E-state index is 13.0. The van der Waals surface area contributed by atoms with Gasteiger partial charge >= 0.3 is 6.01 Å². The first-order chi connectivity index (χ1) is 15.2. The molecule has 2 atom stereocenters. The van der Waals surface area contributed by atoms with Gasteiger partial charge in [-0.15, -0.1) is 5.10 Å². The summed E-state index contributed by atoms with van der Waals surface area (Å²) < 4.78 is 51.3. The van der Waals surface area contributed by atoms with Crippen molar-refractivity contribution in [3.05, 3.63) is 59.9 Å². The van der Waals surface area contributed by atoms with E-state index in [2.05, 4.69) is 15.5 Å². The third-order valence-electron chi connectivity index (χ3n) is 4.88. The molecule has 1 N–H and O–H groups in total. The first-order valence-electron chi connectivity index (χ1n) is 9.89. The highest BCUT2D eigenvalue weighted by Crippen LogP contribution is 2.23. The predicted octanol–water partition coefficient (Wildman–Crippen LogP) is 2.93. The van der Waals surface area contributed by atoms with Crippen molar-refractivity contribution in [3.8, 4) is 11.5 Å². The standard InChI is InChI=1S/C21H21FN4O5S/c1-13-11-26(12-14(2)30-13)32(28,29)18-9-5-15(6-10-18)19(27)23-21-25-24-20(31-21)16-3-7-17(22)8-4-16/h3-10,13-14H,11-12H2,1-2H3,(H,23,25,27)/t13-,14-/m1/s1. The lowest BCUT2D eigenvalue weighted by atomic mass is 10.2. The average Bonchev–Trinajstić information content (AvgIpc) is 3.22. The van der Waals surface area contributed by atoms with Crippen LogP contribution < -0.4 is 5.32 Å². The molecule has 2 heterocycles. The highest BCUT2D eigenvalue weighted by molar-refractivity contribution is 7.89. The van der Waals surface area contributed by atoms with E-state index in [4.69, 9.17) is 9.15 Å². The van der Waals surface area contributed by atoms with Crippen molar-refractivity contribution in [1.82, 2.24) is 14.5 Å². The minimum absolute atomic E-state index is 0.0896. The number of anilines is 1. The van der Waals surface area contributed by atoms with Crippen molar-refractivity contribution in [2.24, 2.45) is 0 Å². The molecule has 0 saturated carbocycles. The number of halogens is 1. The zero-order valence-electron chi connectivity index (χ0n) is 17.4. The summed E-state index contributed by atoms with van der Waals surface area (Å²) >= 11 is 0. The highest BCUT2D eigenvalue weighted by atomic mass is 32.2. The first kappa shape index (κ1) is 22.1. The Morgan fingerprint density at radius 3 is 2.28 bits per heavy atom. The summed E-state index contributed by atoms with van der Waals surface area (Å²) in [7, 11) is -3.71. The predicted molar refractivity (Wildman–Crippen MR) is 113 cm³/mol. The molecule has 1 saturated heterocycles. The van der Waals surface area contributed by atoms with Gasteiger partial charge in [-0.05, 0) is 62.4 Å². The number of ether oxygens (including phenoxy) is 1. The Hall–Kier alpha value is -3.15. The van der Waals surface area contributed by atoms with Crippen LogP contribution >= 0.6 is 0 Å². The molecule has 0 unspecified atom stereocenters. The monoisotopic (exact) mass is 460 g/mol. The van der Waals surface area contributed by atoms with Crippen molar-refractivity contribution < 1.29 is 26.8 Å². The van der Waals surface area contributed by atoms with Crippen LogP contribution in [0.3, 0.4) is 0 Å². The summed E-state index contributed by atoms with van der Waals surface area (Å²) in [6.07, 6.45) is -0.402. The molecular formula is C21H21FN4O5S. The van der Waals surface area contributed by atoms with E-state index in [1.165, 1.54) is 52.8 Å². The summed E-state index contributed by atoms with van der Waals surface area (Å²) in [6, 6.07) is 10.9. The molecule has 168 valence electrons. The van der Waals surface area contributed by atoms with E-state index < -0.39 is 21.7 Å². The number of carbonyl (C=O) groups is 1. The molecule has 4 rings (SSSR count). The van der Waals surface area contributed by atoms with Crippen molar-refractivity contribution in [2.45, 2.75) is 31.0 Å². The Morgan fingerprint density at radius 1 is 1.03 bits per heavy atom. The van der Waals surface area contributed by atoms with Crippen LogP contribution in [0.2, 0.25) is 0 Å². The van der Waals surface area contributed by atoms with Gasteiger partial charge in [0.15, 0.2) is 0 Å². The van der Waals surface area contributed by atoms with Gasteiger partial charge in [-0.25, -0.2) is 12.8 Å². The lowest BCUT2D eigenvalue weighted by Crippen LogP contribution is -2.48. The molecule has 1 amide bonds. The van der Waals surface area contributed by atoms with Gasteiger partial charge in [0.05, 0.1) is 17.1 Å². The van der Waals surface area contributed by atoms with Crippen LogP contribution in [-0.4, -0.2) is 54.1 Å². The Morgan fingerprint density at radius 2 is 1.66 bits per heavy atom. The molecule has 2 aromatic carbocycles. The van der Waals surface area contributed by atoms with Crippen LogP contribution in [0.1, 0.15) is 24.2 Å². The van der Waals surface area contributed by atoms with Crippen LogP contribution in [0.15, 0.2) is 57.8 Å². The average molecular weight is 460 g/mol. The Bertz CT molecular complexity index is 1200. The summed E-state index contributed by atoms with van der Waals surface area (Å²) in [5.41, 5.74) is 0.718. The lowest BCUT2D eigenvalue weighted by molar-refractivity contribution is -0.0440. The fraction of sp³-hybridized carbons (Fsp3) is 0.286. The number of benzene rings is 2. The Kier molecular flexibility index (Phi) is 6.04. The molecule has 9 nitrogen and oxygen atoms in total. The Labute approximate surface area is 184 Å². The zero-order valence-corrected chi connectivity index (χ0v) is 18.2. The van der Waals surface area contributed by atoms with Gasteiger partial charge in [0.25, 0.3) is 5.91 Å². The van der Waals surface area contributed by atoms with Gasteiger partial charge in [-0.1, -0.05) is 5.10 Å². The molecule has 1 aliphatic rings. The molecule has 1 aliphatic heterocycles. The van der Waals surface area contributed by atoms with Gasteiger partial charge in [0.1, 0.15) is 5.82 Å². The summed E-state index contributed by atoms with van der Waals surface area (Å²) in [5, 5.41) is 10.0. The highest BCUT2D eigenvalue weighted by Gasteiger charge is 2.32. The second-order valence-corrected chi connectivity index (χ2v) is 9.42. The minimum atomic E-state index is -3.71. The van der Waals surface area contributed by atoms with Crippen LogP contribution in [-0.2, 0) is 14.8 Å². The van der Waals surface area contributed by atoms with Gasteiger partial charge < -0.3 is 9.15 Å². The number of hydrogen-bond acceptors (Lipinski definition) is 7. The van der Waals surface area contributed by atoms with Gasteiger partial charge in [0, 0.05) is 24.2 Å². The summed E-state index contributed by atoms with van der Waals surface area (Å²) in [4.78, 5) is 12.6. The van der Waals surface area contributed by atoms with E-state index >= 15 is 0 Å². The quantitative estimate of drug-likeness (QED) is 0.623. The molecule has 1 aromatic heterocycles. The number of hydrogen-bond donors (Lipinski definition) is 1. The molecule has 1 fully saturated rings. The van der Waals surface area contributed by atoms with Gasteiger partial charge in [0.2, 0.25) is 15.9 Å². The zero-order chi connectivity index (χ0) is 22.9. The van der Waals surface area contributed by atoms with E-state index in [1.807, 2.05) is 13.8 Å². The lowest BCUT2D eigenvalue weighted by Gasteiger charge is -2.34. The number of amides is 1. The van der Waals surface area contributed by atoms with Crippen LogP contribution in [0.25, 0.3) is 11.5 Å². The molecule has 11 heteroatoms. The number of nitrogens with zero attached hydrogens (tertiary/aromatic N) is 3. The fourth-order valence-electron chi connectivity index (χ4n) is 3.41. The van der Waals surface area contributed by atoms with Crippen molar-refractivity contribution in [1.29, 1.82) is 0 Å². The Balaban J connectivity index is 1.45. The second kappa shape index (κ2) is 8.77. The molecule has 0 bridgehead atoms. The normalized spacial score (nSPS) is 19.6. The van der Waals surface area contributed by atoms with Crippen LogP contribution in [0.5, 0.6) is 0 Å². The third kappa shape index (κ3) is 4.69. The molecular weight excluding hydrogens is 439 g/mol. The minimum Gasteiger partial charge on any atom is -0.403 e. The molecule has 0 aliphatic carbocycles. The van der Waals surface area contributed by atoms with Crippen LogP contribution in [0, 0.1) is 5.82 Å². The van der Waals surface area contributed by atoms with Crippen molar-refractivity contribution in [3.63, 3.8) is 0 Å². The van der Waals surface area contributed by atoms with Crippen molar-refractivity contribution >= 4 is 21.9 Å². The fourth-order valence-corrected chi connectivity index (χ4v) is 5.00. The van der Waals surface area contributed by atoms with Crippen molar-refractivity contribution in [2.75, 3.05) is 18.4 Å². The third-order valence-corrected chi connectivity index (χ3v) is 6.72. The topological polar surface area (TPSA) is 115 Å². The van der Waals surface area contributed by atoms with Gasteiger partial charge in [-0.2, -0.15) is 4.31 Å². The maximum Gasteiger partial charge on any atom is 0.322 e. The number of morpholine rings is 1. The molecule has 3 aromatic rings. The molecule has 32 heavy (non-hydrogen) atoms. The van der Waals surface area contributed by atoms with Crippen LogP contribution in [0.4, 0.5) is 10.4 Å². The van der Waals surface area contributed by atoms with E-state index in [9.17, 15) is 17.6 Å². The number of sulfonamides is 1. The second-order valence-electron chi connectivity index (χ2n) is 7.48. The largest absolute Gasteiger partial charge is 0.403 e. The smallest absolute Gasteiger partial charge is 0.322 e. The number of carbonyl (C=O) groups excluding carboxylic acids is 1. The molecule has 0 radical (unpaired) electrons. The summed E-state index contributed by atoms with van der Waals surface area (Å²) in [5.74, 6) is -0.822. The maximum atomic E-state index is 13.0. The number of aromatic nitrogens is 2. The molecule has 0 spiro atoms. The van der Waals surface area contributed by atoms with E-state index in [-0.39, 0.29) is 47.7 Å². The number of rotatable bonds is 5. The van der Waals surface area contributed by atoms with Gasteiger partial charge in [-0.3, -0.25) is 10.1 Å². The SMILES string of the molecule is C[C@@H]1CN(S(=O)(=O)c2ccc(C(=O)Nc3nnc(-c4ccc(F)cc4)o3)cc2)C[C@@H](C)O1. The van der Waals surface area contributed by atoms with E-state index in [0.717, 1.165) is 0 Å². The first-order valence-corrected chi connectivity index (χ1v) is 11.3. The summed E-state index contributed by atoms with van der Waals surface area (Å²) in [6.45, 7) is 4.18. The van der Waals surface area contributed by atoms with E-state index in [0.29, 0.717) is 5.56 Å². The number of nitrogens with one attached hydrogen (secondary N) is 1. The van der Waals surface area contributed by atoms with E-state index in [1.54, 1.807) is 0 Å².